The van der Waals surface area contributed by atoms with Crippen molar-refractivity contribution < 1.29 is 9.18 Å². The Morgan fingerprint density at radius 2 is 2.15 bits per heavy atom. The van der Waals surface area contributed by atoms with Crippen molar-refractivity contribution in [3.8, 4) is 0 Å². The number of H-pyrrole nitrogens is 1. The van der Waals surface area contributed by atoms with Crippen LogP contribution < -0.4 is 11.1 Å². The molecule has 1 aromatic carbocycles. The molecular formula is C19H23FN6O. The van der Waals surface area contributed by atoms with Crippen molar-refractivity contribution in [3.63, 3.8) is 0 Å². The van der Waals surface area contributed by atoms with Crippen molar-refractivity contribution in [2.45, 2.75) is 38.8 Å². The predicted octanol–water partition coefficient (Wildman–Crippen LogP) is 2.42. The van der Waals surface area contributed by atoms with Crippen LogP contribution in [0.4, 0.5) is 10.1 Å². The molecule has 1 aliphatic carbocycles. The molecule has 4 N–H and O–H groups in total. The van der Waals surface area contributed by atoms with Gasteiger partial charge in [-0.05, 0) is 51.5 Å². The SMILES string of the molecule is Cc1cc(C(C)Nc2ccc(F)c([C@]34CC3(C)C(=O)N(C)C(N)=N4)c2)n[nH]1. The highest BCUT2D eigenvalue weighted by molar-refractivity contribution is 6.04. The third-order valence-corrected chi connectivity index (χ3v) is 5.79. The monoisotopic (exact) mass is 370 g/mol. The summed E-state index contributed by atoms with van der Waals surface area (Å²) in [5.41, 5.74) is 7.19. The molecule has 2 aromatic rings. The molecule has 2 aliphatic rings. The Morgan fingerprint density at radius 3 is 2.81 bits per heavy atom. The molecule has 0 spiro atoms. The van der Waals surface area contributed by atoms with E-state index in [-0.39, 0.29) is 23.7 Å². The molecule has 2 heterocycles. The van der Waals surface area contributed by atoms with Gasteiger partial charge < -0.3 is 11.1 Å². The van der Waals surface area contributed by atoms with Crippen LogP contribution in [-0.2, 0) is 10.3 Å². The van der Waals surface area contributed by atoms with E-state index in [1.807, 2.05) is 26.8 Å². The first kappa shape index (κ1) is 17.5. The molecule has 1 amide bonds. The van der Waals surface area contributed by atoms with Crippen molar-refractivity contribution in [2.24, 2.45) is 16.1 Å². The molecular weight excluding hydrogens is 347 g/mol. The van der Waals surface area contributed by atoms with E-state index in [0.717, 1.165) is 17.1 Å². The second-order valence-electron chi connectivity index (χ2n) is 7.74. The van der Waals surface area contributed by atoms with E-state index in [4.69, 9.17) is 5.73 Å². The van der Waals surface area contributed by atoms with Crippen molar-refractivity contribution in [2.75, 3.05) is 12.4 Å². The van der Waals surface area contributed by atoms with E-state index in [1.165, 1.54) is 11.0 Å². The number of nitrogens with one attached hydrogen (secondary N) is 2. The van der Waals surface area contributed by atoms with Crippen LogP contribution in [0.5, 0.6) is 0 Å². The van der Waals surface area contributed by atoms with E-state index in [0.29, 0.717) is 12.0 Å². The molecule has 0 saturated heterocycles. The molecule has 2 unspecified atom stereocenters. The number of fused-ring (bicyclic) bond motifs is 1. The molecule has 0 bridgehead atoms. The van der Waals surface area contributed by atoms with Crippen molar-refractivity contribution in [1.82, 2.24) is 15.1 Å². The molecule has 4 rings (SSSR count). The first-order valence-corrected chi connectivity index (χ1v) is 8.90. The normalized spacial score (nSPS) is 27.8. The molecule has 3 atom stereocenters. The van der Waals surface area contributed by atoms with Crippen molar-refractivity contribution in [1.29, 1.82) is 0 Å². The number of guanidine groups is 1. The quantitative estimate of drug-likeness (QED) is 0.770. The lowest BCUT2D eigenvalue weighted by Crippen LogP contribution is -2.48. The van der Waals surface area contributed by atoms with Gasteiger partial charge in [0.1, 0.15) is 11.4 Å². The highest BCUT2D eigenvalue weighted by Crippen LogP contribution is 2.68. The molecule has 1 saturated carbocycles. The van der Waals surface area contributed by atoms with Gasteiger partial charge in [-0.1, -0.05) is 0 Å². The van der Waals surface area contributed by atoms with Gasteiger partial charge in [0.2, 0.25) is 5.91 Å². The van der Waals surface area contributed by atoms with Crippen molar-refractivity contribution in [3.05, 3.63) is 47.0 Å². The average Bonchev–Trinajstić information content (AvgIpc) is 3.00. The van der Waals surface area contributed by atoms with Gasteiger partial charge in [0, 0.05) is 24.0 Å². The van der Waals surface area contributed by atoms with Gasteiger partial charge in [0.25, 0.3) is 0 Å². The van der Waals surface area contributed by atoms with Crippen LogP contribution in [0, 0.1) is 18.2 Å². The van der Waals surface area contributed by atoms with Crippen LogP contribution in [0.2, 0.25) is 0 Å². The van der Waals surface area contributed by atoms with E-state index >= 15 is 0 Å². The van der Waals surface area contributed by atoms with Gasteiger partial charge >= 0.3 is 0 Å². The molecule has 1 fully saturated rings. The summed E-state index contributed by atoms with van der Waals surface area (Å²) in [5, 5.41) is 10.5. The summed E-state index contributed by atoms with van der Waals surface area (Å²) in [4.78, 5) is 18.5. The fraction of sp³-hybridized carbons (Fsp3) is 0.421. The average molecular weight is 370 g/mol. The minimum atomic E-state index is -0.936. The van der Waals surface area contributed by atoms with Crippen LogP contribution in [0.25, 0.3) is 0 Å². The number of nitrogens with two attached hydrogens (primary N) is 1. The zero-order valence-corrected chi connectivity index (χ0v) is 15.8. The van der Waals surface area contributed by atoms with Gasteiger partial charge in [-0.25, -0.2) is 9.38 Å². The Labute approximate surface area is 156 Å². The molecule has 8 heteroatoms. The van der Waals surface area contributed by atoms with Gasteiger partial charge in [-0.2, -0.15) is 5.10 Å². The number of rotatable bonds is 4. The molecule has 142 valence electrons. The fourth-order valence-corrected chi connectivity index (χ4v) is 4.00. The molecule has 0 radical (unpaired) electrons. The summed E-state index contributed by atoms with van der Waals surface area (Å²) in [6.45, 7) is 5.73. The lowest BCUT2D eigenvalue weighted by molar-refractivity contribution is -0.132. The number of halogens is 1. The van der Waals surface area contributed by atoms with Crippen LogP contribution in [0.1, 0.15) is 43.3 Å². The third-order valence-electron chi connectivity index (χ3n) is 5.79. The minimum absolute atomic E-state index is 0.0657. The number of anilines is 1. The van der Waals surface area contributed by atoms with Gasteiger partial charge in [0.15, 0.2) is 5.96 Å². The Bertz CT molecular complexity index is 969. The van der Waals surface area contributed by atoms with E-state index in [9.17, 15) is 9.18 Å². The zero-order valence-electron chi connectivity index (χ0n) is 15.8. The second kappa shape index (κ2) is 5.55. The Balaban J connectivity index is 1.69. The number of amides is 1. The highest BCUT2D eigenvalue weighted by atomic mass is 19.1. The zero-order chi connectivity index (χ0) is 19.6. The molecule has 1 aliphatic heterocycles. The lowest BCUT2D eigenvalue weighted by Gasteiger charge is -2.30. The number of carbonyl (C=O) groups is 1. The van der Waals surface area contributed by atoms with E-state index in [1.54, 1.807) is 19.2 Å². The number of aromatic nitrogens is 2. The maximum absolute atomic E-state index is 14.7. The van der Waals surface area contributed by atoms with E-state index in [2.05, 4.69) is 20.5 Å². The summed E-state index contributed by atoms with van der Waals surface area (Å²) in [5.74, 6) is -0.400. The number of benzene rings is 1. The number of aryl methyl sites for hydroxylation is 1. The first-order valence-electron chi connectivity index (χ1n) is 8.90. The standard InChI is InChI=1S/C19H23FN6O/c1-10-7-15(25-24-10)11(2)22-12-5-6-14(20)13(8-12)19-9-18(19,3)16(27)26(4)17(21)23-19/h5-8,11,22H,9H2,1-4H3,(H2,21,23)(H,24,25)/t11?,18?,19-/m1/s1. The number of hydrogen-bond donors (Lipinski definition) is 3. The molecule has 1 aromatic heterocycles. The molecule has 7 nitrogen and oxygen atoms in total. The third kappa shape index (κ3) is 2.43. The smallest absolute Gasteiger partial charge is 0.237 e. The van der Waals surface area contributed by atoms with E-state index < -0.39 is 11.0 Å². The Hall–Kier alpha value is -2.90. The topological polar surface area (TPSA) is 99.4 Å². The van der Waals surface area contributed by atoms with Gasteiger partial charge in [0.05, 0.1) is 17.2 Å². The number of carbonyl (C=O) groups excluding carboxylic acids is 1. The Morgan fingerprint density at radius 1 is 1.41 bits per heavy atom. The van der Waals surface area contributed by atoms with Gasteiger partial charge in [-0.3, -0.25) is 14.8 Å². The lowest BCUT2D eigenvalue weighted by atomic mass is 9.92. The number of hydrogen-bond acceptors (Lipinski definition) is 5. The van der Waals surface area contributed by atoms with Crippen LogP contribution in [-0.4, -0.2) is 34.0 Å². The fourth-order valence-electron chi connectivity index (χ4n) is 4.00. The van der Waals surface area contributed by atoms with Crippen molar-refractivity contribution >= 4 is 17.6 Å². The maximum atomic E-state index is 14.7. The Kier molecular flexibility index (Phi) is 3.60. The first-order chi connectivity index (χ1) is 12.7. The van der Waals surface area contributed by atoms with Crippen LogP contribution >= 0.6 is 0 Å². The maximum Gasteiger partial charge on any atom is 0.237 e. The summed E-state index contributed by atoms with van der Waals surface area (Å²) in [7, 11) is 1.59. The largest absolute Gasteiger partial charge is 0.377 e. The summed E-state index contributed by atoms with van der Waals surface area (Å²) >= 11 is 0. The summed E-state index contributed by atoms with van der Waals surface area (Å²) in [6.07, 6.45) is 0.443. The molecule has 27 heavy (non-hydrogen) atoms. The summed E-state index contributed by atoms with van der Waals surface area (Å²) in [6, 6.07) is 6.70. The predicted molar refractivity (Wildman–Crippen MR) is 101 cm³/mol. The number of aromatic amines is 1. The minimum Gasteiger partial charge on any atom is -0.377 e. The second-order valence-corrected chi connectivity index (χ2v) is 7.74. The highest BCUT2D eigenvalue weighted by Gasteiger charge is 2.74. The van der Waals surface area contributed by atoms with Gasteiger partial charge in [-0.15, -0.1) is 0 Å². The number of aliphatic imine (C=N–C) groups is 1. The number of nitrogens with zero attached hydrogens (tertiary/aromatic N) is 3. The van der Waals surface area contributed by atoms with Crippen LogP contribution in [0.15, 0.2) is 29.3 Å². The van der Waals surface area contributed by atoms with Crippen LogP contribution in [0.3, 0.4) is 0 Å². The summed E-state index contributed by atoms with van der Waals surface area (Å²) < 4.78 is 14.7.